The van der Waals surface area contributed by atoms with Gasteiger partial charge in [0, 0.05) is 25.2 Å². The quantitative estimate of drug-likeness (QED) is 0.791. The lowest BCUT2D eigenvalue weighted by Crippen LogP contribution is -2.39. The standard InChI is InChI=1S/C14H24N4O2S/c1-14(2,3)17-13-16-11(15)10(21-13)12(20)18-6-4-9(8-19)5-7-18/h9,19H,4-8,15H2,1-3H3,(H,16,17). The Morgan fingerprint density at radius 1 is 1.48 bits per heavy atom. The van der Waals surface area contributed by atoms with Crippen LogP contribution in [0.15, 0.2) is 0 Å². The zero-order valence-electron chi connectivity index (χ0n) is 12.8. The lowest BCUT2D eigenvalue weighted by Gasteiger charge is -2.30. The normalized spacial score (nSPS) is 17.0. The molecule has 0 aliphatic carbocycles. The fraction of sp³-hybridized carbons (Fsp3) is 0.714. The Bertz CT molecular complexity index is 502. The molecule has 6 nitrogen and oxygen atoms in total. The van der Waals surface area contributed by atoms with Crippen LogP contribution in [-0.4, -0.2) is 46.1 Å². The van der Waals surface area contributed by atoms with Crippen molar-refractivity contribution in [2.75, 3.05) is 30.7 Å². The Labute approximate surface area is 129 Å². The van der Waals surface area contributed by atoms with E-state index < -0.39 is 0 Å². The maximum absolute atomic E-state index is 12.5. The second-order valence-corrected chi connectivity index (χ2v) is 7.53. The van der Waals surface area contributed by atoms with E-state index in [1.807, 2.05) is 20.8 Å². The second-order valence-electron chi connectivity index (χ2n) is 6.53. The van der Waals surface area contributed by atoms with Gasteiger partial charge in [-0.05, 0) is 39.5 Å². The molecule has 1 fully saturated rings. The molecule has 0 bridgehead atoms. The van der Waals surface area contributed by atoms with Crippen molar-refractivity contribution in [1.29, 1.82) is 0 Å². The van der Waals surface area contributed by atoms with Crippen LogP contribution in [0.3, 0.4) is 0 Å². The third-order valence-electron chi connectivity index (χ3n) is 3.49. The van der Waals surface area contributed by atoms with E-state index in [1.54, 1.807) is 4.90 Å². The number of hydrogen-bond donors (Lipinski definition) is 3. The maximum Gasteiger partial charge on any atom is 0.267 e. The molecule has 1 saturated heterocycles. The zero-order chi connectivity index (χ0) is 15.6. The minimum atomic E-state index is -0.121. The van der Waals surface area contributed by atoms with Crippen LogP contribution in [-0.2, 0) is 0 Å². The molecule has 0 spiro atoms. The van der Waals surface area contributed by atoms with Crippen LogP contribution < -0.4 is 11.1 Å². The van der Waals surface area contributed by atoms with E-state index in [9.17, 15) is 4.79 Å². The minimum absolute atomic E-state index is 0.0525. The molecule has 0 radical (unpaired) electrons. The van der Waals surface area contributed by atoms with E-state index >= 15 is 0 Å². The van der Waals surface area contributed by atoms with Crippen molar-refractivity contribution in [3.05, 3.63) is 4.88 Å². The molecule has 1 aliphatic rings. The number of piperidine rings is 1. The van der Waals surface area contributed by atoms with Gasteiger partial charge in [0.15, 0.2) is 5.13 Å². The van der Waals surface area contributed by atoms with Crippen LogP contribution in [0, 0.1) is 5.92 Å². The summed E-state index contributed by atoms with van der Waals surface area (Å²) >= 11 is 1.31. The Kier molecular flexibility index (Phi) is 4.73. The molecule has 2 rings (SSSR count). The van der Waals surface area contributed by atoms with E-state index in [1.165, 1.54) is 11.3 Å². The number of nitrogens with two attached hydrogens (primary N) is 1. The summed E-state index contributed by atoms with van der Waals surface area (Å²) in [5.74, 6) is 0.551. The van der Waals surface area contributed by atoms with Gasteiger partial charge in [-0.3, -0.25) is 4.79 Å². The fourth-order valence-corrected chi connectivity index (χ4v) is 3.38. The highest BCUT2D eigenvalue weighted by molar-refractivity contribution is 7.18. The molecule has 0 aromatic carbocycles. The third-order valence-corrected chi connectivity index (χ3v) is 4.46. The number of aliphatic hydroxyl groups excluding tert-OH is 1. The van der Waals surface area contributed by atoms with E-state index in [-0.39, 0.29) is 18.1 Å². The molecular formula is C14H24N4O2S. The van der Waals surface area contributed by atoms with Crippen molar-refractivity contribution in [3.8, 4) is 0 Å². The topological polar surface area (TPSA) is 91.5 Å². The molecule has 1 aromatic rings. The van der Waals surface area contributed by atoms with Crippen LogP contribution in [0.1, 0.15) is 43.3 Å². The Morgan fingerprint density at radius 3 is 2.62 bits per heavy atom. The minimum Gasteiger partial charge on any atom is -0.396 e. The Balaban J connectivity index is 2.06. The number of amides is 1. The molecule has 1 aliphatic heterocycles. The highest BCUT2D eigenvalue weighted by Crippen LogP contribution is 2.29. The number of aromatic nitrogens is 1. The first-order chi connectivity index (χ1) is 9.80. The lowest BCUT2D eigenvalue weighted by atomic mass is 9.98. The predicted molar refractivity (Wildman–Crippen MR) is 85.6 cm³/mol. The van der Waals surface area contributed by atoms with Gasteiger partial charge in [0.05, 0.1) is 0 Å². The summed E-state index contributed by atoms with van der Waals surface area (Å²) in [7, 11) is 0. The SMILES string of the molecule is CC(C)(C)Nc1nc(N)c(C(=O)N2CCC(CO)CC2)s1. The zero-order valence-corrected chi connectivity index (χ0v) is 13.7. The molecule has 1 aromatic heterocycles. The smallest absolute Gasteiger partial charge is 0.267 e. The van der Waals surface area contributed by atoms with Crippen molar-refractivity contribution in [2.24, 2.45) is 5.92 Å². The average molecular weight is 312 g/mol. The molecule has 2 heterocycles. The predicted octanol–water partition coefficient (Wildman–Crippen LogP) is 1.78. The third kappa shape index (κ3) is 4.07. The van der Waals surface area contributed by atoms with Gasteiger partial charge in [-0.15, -0.1) is 0 Å². The van der Waals surface area contributed by atoms with Gasteiger partial charge >= 0.3 is 0 Å². The van der Waals surface area contributed by atoms with Crippen LogP contribution in [0.25, 0.3) is 0 Å². The summed E-state index contributed by atoms with van der Waals surface area (Å²) in [6, 6.07) is 0. The number of rotatable bonds is 3. The van der Waals surface area contributed by atoms with Crippen molar-refractivity contribution >= 4 is 28.2 Å². The second kappa shape index (κ2) is 6.19. The first-order valence-corrected chi connectivity index (χ1v) is 8.06. The summed E-state index contributed by atoms with van der Waals surface area (Å²) < 4.78 is 0. The van der Waals surface area contributed by atoms with E-state index in [0.717, 1.165) is 12.8 Å². The monoisotopic (exact) mass is 312 g/mol. The molecule has 4 N–H and O–H groups in total. The van der Waals surface area contributed by atoms with Crippen LogP contribution >= 0.6 is 11.3 Å². The first kappa shape index (κ1) is 16.0. The number of likely N-dealkylation sites (tertiary alicyclic amines) is 1. The number of nitrogen functional groups attached to an aromatic ring is 1. The van der Waals surface area contributed by atoms with Crippen molar-refractivity contribution in [3.63, 3.8) is 0 Å². The molecule has 21 heavy (non-hydrogen) atoms. The van der Waals surface area contributed by atoms with Gasteiger partial charge < -0.3 is 21.1 Å². The van der Waals surface area contributed by atoms with Gasteiger partial charge in [-0.2, -0.15) is 0 Å². The fourth-order valence-electron chi connectivity index (χ4n) is 2.32. The number of nitrogens with zero attached hydrogens (tertiary/aromatic N) is 2. The van der Waals surface area contributed by atoms with Gasteiger partial charge in [-0.25, -0.2) is 4.98 Å². The highest BCUT2D eigenvalue weighted by atomic mass is 32.1. The van der Waals surface area contributed by atoms with Crippen molar-refractivity contribution < 1.29 is 9.90 Å². The van der Waals surface area contributed by atoms with Crippen LogP contribution in [0.2, 0.25) is 0 Å². The van der Waals surface area contributed by atoms with Crippen molar-refractivity contribution in [2.45, 2.75) is 39.2 Å². The number of carbonyl (C=O) groups is 1. The summed E-state index contributed by atoms with van der Waals surface area (Å²) in [4.78, 5) is 19.1. The highest BCUT2D eigenvalue weighted by Gasteiger charge is 2.27. The number of carbonyl (C=O) groups excluding carboxylic acids is 1. The van der Waals surface area contributed by atoms with Gasteiger partial charge in [0.2, 0.25) is 0 Å². The summed E-state index contributed by atoms with van der Waals surface area (Å²) in [6.07, 6.45) is 1.68. The van der Waals surface area contributed by atoms with Crippen molar-refractivity contribution in [1.82, 2.24) is 9.88 Å². The van der Waals surface area contributed by atoms with Crippen LogP contribution in [0.5, 0.6) is 0 Å². The number of nitrogens with one attached hydrogen (secondary N) is 1. The molecule has 0 saturated carbocycles. The molecule has 0 atom stereocenters. The number of thiazole rings is 1. The van der Waals surface area contributed by atoms with Gasteiger partial charge in [0.25, 0.3) is 5.91 Å². The molecular weight excluding hydrogens is 288 g/mol. The Morgan fingerprint density at radius 2 is 2.10 bits per heavy atom. The molecule has 0 unspecified atom stereocenters. The molecule has 1 amide bonds. The Hall–Kier alpha value is -1.34. The van der Waals surface area contributed by atoms with E-state index in [2.05, 4.69) is 10.3 Å². The summed E-state index contributed by atoms with van der Waals surface area (Å²) in [6.45, 7) is 7.64. The van der Waals surface area contributed by atoms with Gasteiger partial charge in [0.1, 0.15) is 10.7 Å². The average Bonchev–Trinajstić information content (AvgIpc) is 2.76. The number of anilines is 2. The van der Waals surface area contributed by atoms with E-state index in [4.69, 9.17) is 10.8 Å². The van der Waals surface area contributed by atoms with E-state index in [0.29, 0.717) is 34.8 Å². The van der Waals surface area contributed by atoms with Crippen LogP contribution in [0.4, 0.5) is 10.9 Å². The largest absolute Gasteiger partial charge is 0.396 e. The molecule has 118 valence electrons. The number of aliphatic hydroxyl groups is 1. The number of hydrogen-bond acceptors (Lipinski definition) is 6. The summed E-state index contributed by atoms with van der Waals surface area (Å²) in [5.41, 5.74) is 5.77. The summed E-state index contributed by atoms with van der Waals surface area (Å²) in [5, 5.41) is 13.1. The lowest BCUT2D eigenvalue weighted by molar-refractivity contribution is 0.0656. The molecule has 7 heteroatoms. The van der Waals surface area contributed by atoms with Gasteiger partial charge in [-0.1, -0.05) is 11.3 Å². The maximum atomic E-state index is 12.5. The first-order valence-electron chi connectivity index (χ1n) is 7.25.